The third kappa shape index (κ3) is 3.15. The van der Waals surface area contributed by atoms with Crippen molar-refractivity contribution in [2.24, 2.45) is 0 Å². The number of hydrogen-bond acceptors (Lipinski definition) is 6. The number of para-hydroxylation sites is 1. The average molecular weight is 379 g/mol. The molecule has 0 saturated heterocycles. The summed E-state index contributed by atoms with van der Waals surface area (Å²) in [7, 11) is 0. The molecule has 0 bridgehead atoms. The third-order valence-corrected chi connectivity index (χ3v) is 4.99. The van der Waals surface area contributed by atoms with Gasteiger partial charge in [-0.25, -0.2) is 9.67 Å². The van der Waals surface area contributed by atoms with E-state index in [2.05, 4.69) is 15.4 Å². The number of benzene rings is 2. The molecule has 0 radical (unpaired) electrons. The maximum atomic E-state index is 12.6. The number of nitrogens with zero attached hydrogens (tertiary/aromatic N) is 4. The molecule has 4 rings (SSSR count). The van der Waals surface area contributed by atoms with Crippen LogP contribution >= 0.6 is 11.3 Å². The highest BCUT2D eigenvalue weighted by atomic mass is 32.1. The smallest absolute Gasteiger partial charge is 0.270 e. The summed E-state index contributed by atoms with van der Waals surface area (Å²) in [5.74, 6) is -0.330. The number of aromatic nitrogens is 3. The zero-order valence-electron chi connectivity index (χ0n) is 14.1. The van der Waals surface area contributed by atoms with Crippen LogP contribution in [-0.2, 0) is 0 Å². The van der Waals surface area contributed by atoms with Crippen LogP contribution in [0.25, 0.3) is 15.9 Å². The second-order valence-electron chi connectivity index (χ2n) is 5.77. The van der Waals surface area contributed by atoms with Crippen molar-refractivity contribution in [3.05, 3.63) is 76.1 Å². The summed E-state index contributed by atoms with van der Waals surface area (Å²) in [4.78, 5) is 27.4. The molecule has 1 amide bonds. The summed E-state index contributed by atoms with van der Waals surface area (Å²) < 4.78 is 2.33. The van der Waals surface area contributed by atoms with Gasteiger partial charge in [0.15, 0.2) is 5.13 Å². The summed E-state index contributed by atoms with van der Waals surface area (Å²) in [5, 5.41) is 18.3. The Morgan fingerprint density at radius 3 is 2.74 bits per heavy atom. The van der Waals surface area contributed by atoms with Gasteiger partial charge in [-0.15, -0.1) is 0 Å². The Hall–Kier alpha value is -3.59. The van der Waals surface area contributed by atoms with Gasteiger partial charge in [0.05, 0.1) is 38.3 Å². The zero-order valence-corrected chi connectivity index (χ0v) is 14.9. The number of non-ortho nitro benzene ring substituents is 1. The van der Waals surface area contributed by atoms with Crippen LogP contribution < -0.4 is 5.32 Å². The molecule has 0 spiro atoms. The Morgan fingerprint density at radius 1 is 1.22 bits per heavy atom. The fourth-order valence-electron chi connectivity index (χ4n) is 2.71. The van der Waals surface area contributed by atoms with Crippen molar-refractivity contribution in [1.29, 1.82) is 0 Å². The number of carbonyl (C=O) groups is 1. The highest BCUT2D eigenvalue weighted by molar-refractivity contribution is 7.22. The van der Waals surface area contributed by atoms with Crippen molar-refractivity contribution < 1.29 is 9.72 Å². The van der Waals surface area contributed by atoms with Gasteiger partial charge < -0.3 is 0 Å². The van der Waals surface area contributed by atoms with Crippen molar-refractivity contribution >= 4 is 38.3 Å². The number of amides is 1. The minimum atomic E-state index is -0.460. The van der Waals surface area contributed by atoms with Gasteiger partial charge in [0.1, 0.15) is 0 Å². The van der Waals surface area contributed by atoms with Gasteiger partial charge in [-0.1, -0.05) is 29.5 Å². The van der Waals surface area contributed by atoms with E-state index in [0.717, 1.165) is 5.69 Å². The first-order valence-corrected chi connectivity index (χ1v) is 8.81. The van der Waals surface area contributed by atoms with E-state index in [0.29, 0.717) is 26.6 Å². The van der Waals surface area contributed by atoms with Crippen molar-refractivity contribution in [3.8, 4) is 5.69 Å². The lowest BCUT2D eigenvalue weighted by Crippen LogP contribution is -2.12. The van der Waals surface area contributed by atoms with Crippen molar-refractivity contribution in [2.75, 3.05) is 5.32 Å². The molecule has 9 heteroatoms. The monoisotopic (exact) mass is 379 g/mol. The van der Waals surface area contributed by atoms with Crippen LogP contribution in [0.15, 0.2) is 54.7 Å². The van der Waals surface area contributed by atoms with Crippen LogP contribution in [0.5, 0.6) is 0 Å². The van der Waals surface area contributed by atoms with Crippen molar-refractivity contribution in [3.63, 3.8) is 0 Å². The summed E-state index contributed by atoms with van der Waals surface area (Å²) in [6, 6.07) is 13.9. The number of nitrogens with one attached hydrogen (secondary N) is 1. The molecule has 0 fully saturated rings. The Labute approximate surface area is 157 Å². The van der Waals surface area contributed by atoms with Crippen molar-refractivity contribution in [2.45, 2.75) is 6.92 Å². The third-order valence-electron chi connectivity index (χ3n) is 4.06. The van der Waals surface area contributed by atoms with Gasteiger partial charge in [-0.05, 0) is 25.1 Å². The molecule has 2 aromatic heterocycles. The predicted molar refractivity (Wildman–Crippen MR) is 103 cm³/mol. The molecule has 0 saturated carbocycles. The van der Waals surface area contributed by atoms with E-state index in [1.165, 1.54) is 29.7 Å². The Morgan fingerprint density at radius 2 is 2.00 bits per heavy atom. The molecule has 134 valence electrons. The highest BCUT2D eigenvalue weighted by Gasteiger charge is 2.17. The van der Waals surface area contributed by atoms with Crippen LogP contribution in [0.4, 0.5) is 10.8 Å². The molecule has 0 aliphatic rings. The molecule has 27 heavy (non-hydrogen) atoms. The minimum absolute atomic E-state index is 0.0102. The number of nitro benzene ring substituents is 1. The van der Waals surface area contributed by atoms with Gasteiger partial charge in [0.25, 0.3) is 11.6 Å². The molecule has 0 aliphatic heterocycles. The number of rotatable bonds is 4. The van der Waals surface area contributed by atoms with Crippen LogP contribution in [0.2, 0.25) is 0 Å². The SMILES string of the molecule is Cc1c(C(=O)Nc2nc3ccc([N+](=O)[O-])cc3s2)cnn1-c1ccccc1. The van der Waals surface area contributed by atoms with Crippen LogP contribution in [0, 0.1) is 17.0 Å². The molecule has 8 nitrogen and oxygen atoms in total. The number of anilines is 1. The molecule has 1 N–H and O–H groups in total. The lowest BCUT2D eigenvalue weighted by Gasteiger charge is -2.05. The van der Waals surface area contributed by atoms with E-state index in [1.54, 1.807) is 10.7 Å². The standard InChI is InChI=1S/C18H13N5O3S/c1-11-14(10-19-22(11)12-5-3-2-4-6-12)17(24)21-18-20-15-8-7-13(23(25)26)9-16(15)27-18/h2-10H,1H3,(H,20,21,24). The minimum Gasteiger partial charge on any atom is -0.298 e. The second-order valence-corrected chi connectivity index (χ2v) is 6.80. The van der Waals surface area contributed by atoms with Crippen LogP contribution in [0.3, 0.4) is 0 Å². The topological polar surface area (TPSA) is 103 Å². The largest absolute Gasteiger partial charge is 0.298 e. The van der Waals surface area contributed by atoms with Crippen molar-refractivity contribution in [1.82, 2.24) is 14.8 Å². The van der Waals surface area contributed by atoms with E-state index >= 15 is 0 Å². The first kappa shape index (κ1) is 16.9. The second kappa shape index (κ2) is 6.61. The van der Waals surface area contributed by atoms with E-state index in [4.69, 9.17) is 0 Å². The van der Waals surface area contributed by atoms with E-state index < -0.39 is 4.92 Å². The number of fused-ring (bicyclic) bond motifs is 1. The Balaban J connectivity index is 1.60. The fourth-order valence-corrected chi connectivity index (χ4v) is 3.60. The van der Waals surface area contributed by atoms with Crippen LogP contribution in [0.1, 0.15) is 16.1 Å². The Bertz CT molecular complexity index is 1170. The molecule has 4 aromatic rings. The first-order valence-electron chi connectivity index (χ1n) is 7.99. The van der Waals surface area contributed by atoms with Gasteiger partial charge in [-0.3, -0.25) is 20.2 Å². The molecule has 0 unspecified atom stereocenters. The predicted octanol–water partition coefficient (Wildman–Crippen LogP) is 3.95. The number of hydrogen-bond donors (Lipinski definition) is 1. The fraction of sp³-hybridized carbons (Fsp3) is 0.0556. The lowest BCUT2D eigenvalue weighted by molar-refractivity contribution is -0.384. The maximum absolute atomic E-state index is 12.6. The Kier molecular flexibility index (Phi) is 4.13. The molecule has 0 atom stereocenters. The van der Waals surface area contributed by atoms with E-state index in [-0.39, 0.29) is 11.6 Å². The van der Waals surface area contributed by atoms with Gasteiger partial charge in [0, 0.05) is 12.1 Å². The van der Waals surface area contributed by atoms with Gasteiger partial charge in [0.2, 0.25) is 0 Å². The normalized spacial score (nSPS) is 10.9. The summed E-state index contributed by atoms with van der Waals surface area (Å²) in [6.07, 6.45) is 1.51. The first-order chi connectivity index (χ1) is 13.0. The molecule has 2 heterocycles. The van der Waals surface area contributed by atoms with Gasteiger partial charge >= 0.3 is 0 Å². The van der Waals surface area contributed by atoms with Crippen LogP contribution in [-0.4, -0.2) is 25.6 Å². The quantitative estimate of drug-likeness (QED) is 0.427. The summed E-state index contributed by atoms with van der Waals surface area (Å²) in [5.41, 5.74) is 2.59. The molecule has 2 aromatic carbocycles. The maximum Gasteiger partial charge on any atom is 0.270 e. The number of carbonyl (C=O) groups excluding carboxylic acids is 1. The summed E-state index contributed by atoms with van der Waals surface area (Å²) >= 11 is 1.19. The lowest BCUT2D eigenvalue weighted by atomic mass is 10.2. The number of nitro groups is 1. The summed E-state index contributed by atoms with van der Waals surface area (Å²) in [6.45, 7) is 1.82. The number of thiazole rings is 1. The van der Waals surface area contributed by atoms with E-state index in [1.807, 2.05) is 37.3 Å². The molecular weight excluding hydrogens is 366 g/mol. The average Bonchev–Trinajstić information content (AvgIpc) is 3.24. The van der Waals surface area contributed by atoms with E-state index in [9.17, 15) is 14.9 Å². The zero-order chi connectivity index (χ0) is 19.0. The molecular formula is C18H13N5O3S. The highest BCUT2D eigenvalue weighted by Crippen LogP contribution is 2.29. The molecule has 0 aliphatic carbocycles. The van der Waals surface area contributed by atoms with Gasteiger partial charge in [-0.2, -0.15) is 5.10 Å².